The monoisotopic (exact) mass is 947 g/mol. The van der Waals surface area contributed by atoms with Crippen LogP contribution < -0.4 is 10.6 Å². The van der Waals surface area contributed by atoms with E-state index in [1.807, 2.05) is 0 Å². The van der Waals surface area contributed by atoms with Gasteiger partial charge >= 0.3 is 17.9 Å². The number of halogens is 2. The van der Waals surface area contributed by atoms with E-state index in [1.165, 1.54) is 28.1 Å². The molecule has 3 aliphatic rings. The molecule has 4 heterocycles. The third kappa shape index (κ3) is 14.3. The molecule has 5 N–H and O–H groups in total. The van der Waals surface area contributed by atoms with Crippen molar-refractivity contribution in [2.24, 2.45) is 0 Å². The van der Waals surface area contributed by atoms with Crippen LogP contribution in [0, 0.1) is 11.3 Å². The molecule has 1 radical (unpaired) electrons. The number of hydrogen-bond donors (Lipinski definition) is 5. The van der Waals surface area contributed by atoms with Crippen molar-refractivity contribution in [2.75, 3.05) is 96.9 Å². The molecule has 0 aliphatic carbocycles. The first-order chi connectivity index (χ1) is 29.9. The van der Waals surface area contributed by atoms with Gasteiger partial charge in [0.1, 0.15) is 12.1 Å². The number of nitriles is 1. The molecule has 2 atom stereocenters. The van der Waals surface area contributed by atoms with Crippen LogP contribution in [-0.4, -0.2) is 207 Å². The number of amides is 5. The van der Waals surface area contributed by atoms with Gasteiger partial charge in [-0.1, -0.05) is 0 Å². The maximum absolute atomic E-state index is 13.8. The Balaban J connectivity index is 0.00000898. The molecule has 21 nitrogen and oxygen atoms in total. The second kappa shape index (κ2) is 23.2. The van der Waals surface area contributed by atoms with Crippen molar-refractivity contribution < 1.29 is 79.5 Å². The van der Waals surface area contributed by atoms with Crippen LogP contribution in [0.3, 0.4) is 0 Å². The molecule has 0 spiro atoms. The number of alkyl halides is 2. The van der Waals surface area contributed by atoms with Gasteiger partial charge in [0, 0.05) is 125 Å². The van der Waals surface area contributed by atoms with Gasteiger partial charge in [0.15, 0.2) is 0 Å². The standard InChI is InChI=1S/C40H50F2N10O11.Cu/c41-40(42)20-27(21-43)52(25-40)35(56)22-45-38(61)28-7-8-44-30-2-1-26(19-29(28)30)46-32(53)4-6-34(55)51-17-15-50(16-18-51)33(54)5-3-31(39(62)63)49-13-11-47(23-36(57)58)9-10-48(12-14-49)24-37(59)60;/h1-2,7-8,19,27,31H,3-6,9-18,20,22-25H2,(H,45,61)(H,46,53)(H,57,58)(H,59,60)(H,62,63);/t27-,31?;/m0./s1. The van der Waals surface area contributed by atoms with Crippen LogP contribution >= 0.6 is 0 Å². The van der Waals surface area contributed by atoms with Crippen molar-refractivity contribution in [1.29, 1.82) is 5.26 Å². The van der Waals surface area contributed by atoms with E-state index in [2.05, 4.69) is 15.6 Å². The van der Waals surface area contributed by atoms with Gasteiger partial charge in [-0.25, -0.2) is 8.78 Å². The molecule has 5 amide bonds. The van der Waals surface area contributed by atoms with Gasteiger partial charge in [0.05, 0.1) is 43.3 Å². The van der Waals surface area contributed by atoms with Crippen molar-refractivity contribution in [2.45, 2.75) is 50.1 Å². The van der Waals surface area contributed by atoms with Crippen molar-refractivity contribution in [3.05, 3.63) is 36.0 Å². The number of nitrogens with zero attached hydrogens (tertiary/aromatic N) is 8. The topological polar surface area (TPSA) is 277 Å². The van der Waals surface area contributed by atoms with E-state index in [9.17, 15) is 67.7 Å². The van der Waals surface area contributed by atoms with Crippen molar-refractivity contribution in [3.8, 4) is 6.07 Å². The van der Waals surface area contributed by atoms with Crippen LogP contribution in [0.4, 0.5) is 14.5 Å². The molecule has 2 aromatic rings. The van der Waals surface area contributed by atoms with E-state index in [1.54, 1.807) is 32.9 Å². The van der Waals surface area contributed by atoms with Gasteiger partial charge in [-0.15, -0.1) is 0 Å². The van der Waals surface area contributed by atoms with Crippen LogP contribution in [0.15, 0.2) is 30.5 Å². The predicted molar refractivity (Wildman–Crippen MR) is 216 cm³/mol. The first-order valence-electron chi connectivity index (χ1n) is 20.4. The number of hydrogen-bond acceptors (Lipinski definition) is 13. The smallest absolute Gasteiger partial charge is 0.320 e. The van der Waals surface area contributed by atoms with Gasteiger partial charge in [-0.05, 0) is 30.7 Å². The summed E-state index contributed by atoms with van der Waals surface area (Å²) in [6, 6.07) is 5.25. The first-order valence-corrected chi connectivity index (χ1v) is 20.4. The Morgan fingerprint density at radius 2 is 1.38 bits per heavy atom. The number of nitrogens with one attached hydrogen (secondary N) is 2. The van der Waals surface area contributed by atoms with Crippen LogP contribution in [0.2, 0.25) is 0 Å². The number of carbonyl (C=O) groups is 8. The fourth-order valence-electron chi connectivity index (χ4n) is 7.83. The molecule has 0 saturated carbocycles. The van der Waals surface area contributed by atoms with Gasteiger partial charge in [0.2, 0.25) is 23.6 Å². The minimum Gasteiger partial charge on any atom is -0.480 e. The third-order valence-electron chi connectivity index (χ3n) is 11.2. The summed E-state index contributed by atoms with van der Waals surface area (Å²) in [6.45, 7) is 0.0687. The summed E-state index contributed by atoms with van der Waals surface area (Å²) in [5.74, 6) is -9.19. The Labute approximate surface area is 376 Å². The van der Waals surface area contributed by atoms with Crippen molar-refractivity contribution >= 4 is 64.0 Å². The van der Waals surface area contributed by atoms with Gasteiger partial charge in [0.25, 0.3) is 11.8 Å². The van der Waals surface area contributed by atoms with Crippen LogP contribution in [-0.2, 0) is 50.6 Å². The zero-order valence-electron chi connectivity index (χ0n) is 34.7. The van der Waals surface area contributed by atoms with Crippen LogP contribution in [0.25, 0.3) is 10.9 Å². The fraction of sp³-hybridized carbons (Fsp3) is 0.550. The summed E-state index contributed by atoms with van der Waals surface area (Å²) in [5.41, 5.74) is 0.751. The number of carboxylic acid groups (broad SMARTS) is 3. The molecular weight excluding hydrogens is 898 g/mol. The average molecular weight is 948 g/mol. The molecule has 0 bridgehead atoms. The minimum absolute atomic E-state index is 0. The Bertz CT molecular complexity index is 2090. The second-order valence-corrected chi connectivity index (χ2v) is 15.6. The number of carboxylic acids is 3. The number of aromatic nitrogens is 1. The van der Waals surface area contributed by atoms with Crippen LogP contribution in [0.5, 0.6) is 0 Å². The average Bonchev–Trinajstić information content (AvgIpc) is 3.60. The molecular formula is C40H50CuF2N10O11. The Kier molecular flexibility index (Phi) is 18.4. The van der Waals surface area contributed by atoms with Gasteiger partial charge in [-0.2, -0.15) is 5.26 Å². The molecule has 64 heavy (non-hydrogen) atoms. The van der Waals surface area contributed by atoms with Crippen molar-refractivity contribution in [3.63, 3.8) is 0 Å². The second-order valence-electron chi connectivity index (χ2n) is 15.6. The van der Waals surface area contributed by atoms with E-state index in [0.717, 1.165) is 4.90 Å². The number of carbonyl (C=O) groups excluding carboxylic acids is 5. The molecule has 1 aromatic carbocycles. The fourth-order valence-corrected chi connectivity index (χ4v) is 7.83. The molecule has 1 unspecified atom stereocenters. The summed E-state index contributed by atoms with van der Waals surface area (Å²) in [7, 11) is 0. The van der Waals surface area contributed by atoms with Crippen LogP contribution in [0.1, 0.15) is 42.5 Å². The number of anilines is 1. The Morgan fingerprint density at radius 3 is 1.94 bits per heavy atom. The van der Waals surface area contributed by atoms with Crippen molar-refractivity contribution in [1.82, 2.24) is 39.7 Å². The number of benzene rings is 1. The van der Waals surface area contributed by atoms with E-state index < -0.39 is 73.1 Å². The quantitative estimate of drug-likeness (QED) is 0.132. The summed E-state index contributed by atoms with van der Waals surface area (Å²) in [4.78, 5) is 113. The summed E-state index contributed by atoms with van der Waals surface area (Å²) < 4.78 is 27.6. The van der Waals surface area contributed by atoms with E-state index >= 15 is 0 Å². The summed E-state index contributed by atoms with van der Waals surface area (Å²) >= 11 is 0. The predicted octanol–water partition coefficient (Wildman–Crippen LogP) is -0.566. The molecule has 5 rings (SSSR count). The maximum atomic E-state index is 13.8. The molecule has 3 saturated heterocycles. The molecule has 3 aliphatic heterocycles. The SMILES string of the molecule is N#C[C@@H]1CC(F)(F)CN1C(=O)CNC(=O)c1ccnc2ccc(NC(=O)CCC(=O)N3CCN(C(=O)CCC(C(=O)O)N4CCN(CC(=O)O)CCN(CC(=O)O)CC4)CC3)cc12.[Cu]. The number of aliphatic carboxylic acids is 3. The number of rotatable bonds is 16. The molecule has 351 valence electrons. The number of pyridine rings is 1. The largest absolute Gasteiger partial charge is 0.480 e. The third-order valence-corrected chi connectivity index (χ3v) is 11.2. The first kappa shape index (κ1) is 50.8. The van der Waals surface area contributed by atoms with E-state index in [4.69, 9.17) is 0 Å². The molecule has 1 aromatic heterocycles. The minimum atomic E-state index is -3.21. The summed E-state index contributed by atoms with van der Waals surface area (Å²) in [5, 5.41) is 43.3. The van der Waals surface area contributed by atoms with Gasteiger partial charge in [-0.3, -0.25) is 58.0 Å². The number of likely N-dealkylation sites (tertiary alicyclic amines) is 1. The van der Waals surface area contributed by atoms with Gasteiger partial charge < -0.3 is 40.7 Å². The molecule has 24 heteroatoms. The number of fused-ring (bicyclic) bond motifs is 1. The van der Waals surface area contributed by atoms with E-state index in [0.29, 0.717) is 10.9 Å². The Hall–Kier alpha value is -5.86. The zero-order valence-corrected chi connectivity index (χ0v) is 35.7. The molecule has 3 fully saturated rings. The zero-order chi connectivity index (χ0) is 45.8. The normalized spacial score (nSPS) is 19.0. The summed E-state index contributed by atoms with van der Waals surface area (Å²) in [6.07, 6.45) is 0.0923. The Morgan fingerprint density at radius 1 is 0.797 bits per heavy atom. The maximum Gasteiger partial charge on any atom is 0.320 e. The number of piperazine rings is 1. The van der Waals surface area contributed by atoms with E-state index in [-0.39, 0.29) is 144 Å².